The first-order chi connectivity index (χ1) is 11.5. The summed E-state index contributed by atoms with van der Waals surface area (Å²) in [5.74, 6) is 0. The molecule has 0 unspecified atom stereocenters. The molecular formula is C21H19ClN2. The van der Waals surface area contributed by atoms with Crippen LogP contribution in [0.1, 0.15) is 5.56 Å². The number of hydrogen-bond acceptors (Lipinski definition) is 1. The third-order valence-corrected chi connectivity index (χ3v) is 4.96. The monoisotopic (exact) mass is 334 g/mol. The molecule has 0 amide bonds. The Hall–Kier alpha value is -2.45. The Morgan fingerprint density at radius 3 is 2.25 bits per heavy atom. The summed E-state index contributed by atoms with van der Waals surface area (Å²) in [6.45, 7) is 2.14. The number of anilines is 2. The molecule has 0 fully saturated rings. The van der Waals surface area contributed by atoms with Crippen molar-refractivity contribution in [1.82, 2.24) is 4.57 Å². The molecule has 0 aliphatic heterocycles. The largest absolute Gasteiger partial charge is 0.345 e. The molecule has 0 atom stereocenters. The minimum absolute atomic E-state index is 0.751. The molecule has 2 nitrogen and oxygen atoms in total. The zero-order valence-corrected chi connectivity index (χ0v) is 14.8. The van der Waals surface area contributed by atoms with Crippen molar-refractivity contribution in [2.45, 2.75) is 6.92 Å². The van der Waals surface area contributed by atoms with Gasteiger partial charge in [0.1, 0.15) is 0 Å². The van der Waals surface area contributed by atoms with E-state index in [0.29, 0.717) is 0 Å². The van der Waals surface area contributed by atoms with Crippen LogP contribution in [0.2, 0.25) is 5.02 Å². The van der Waals surface area contributed by atoms with Gasteiger partial charge in [0, 0.05) is 52.3 Å². The third kappa shape index (κ3) is 2.35. The van der Waals surface area contributed by atoms with Gasteiger partial charge in [0.05, 0.1) is 0 Å². The van der Waals surface area contributed by atoms with Crippen molar-refractivity contribution in [3.63, 3.8) is 0 Å². The number of aromatic nitrogens is 1. The van der Waals surface area contributed by atoms with Crippen molar-refractivity contribution >= 4 is 44.8 Å². The van der Waals surface area contributed by atoms with E-state index in [9.17, 15) is 0 Å². The second kappa shape index (κ2) is 5.57. The molecule has 0 N–H and O–H groups in total. The van der Waals surface area contributed by atoms with Crippen LogP contribution in [0.25, 0.3) is 21.8 Å². The summed E-state index contributed by atoms with van der Waals surface area (Å²) in [5.41, 5.74) is 6.03. The van der Waals surface area contributed by atoms with E-state index < -0.39 is 0 Å². The quantitative estimate of drug-likeness (QED) is 0.432. The molecule has 0 bridgehead atoms. The molecule has 0 saturated carbocycles. The zero-order chi connectivity index (χ0) is 16.8. The molecule has 120 valence electrons. The molecule has 0 spiro atoms. The molecule has 24 heavy (non-hydrogen) atoms. The van der Waals surface area contributed by atoms with Crippen LogP contribution in [0.5, 0.6) is 0 Å². The van der Waals surface area contributed by atoms with Crippen molar-refractivity contribution < 1.29 is 0 Å². The molecule has 4 rings (SSSR count). The maximum atomic E-state index is 6.14. The van der Waals surface area contributed by atoms with Crippen molar-refractivity contribution in [2.75, 3.05) is 11.9 Å². The van der Waals surface area contributed by atoms with Gasteiger partial charge in [-0.3, -0.25) is 0 Å². The SMILES string of the molecule is Cc1ccc2c(c1)c1cc(N(C)c3cccc(Cl)c3)ccc1n2C. The molecule has 0 saturated heterocycles. The number of aryl methyl sites for hydroxylation is 2. The van der Waals surface area contributed by atoms with Gasteiger partial charge in [-0.1, -0.05) is 29.3 Å². The van der Waals surface area contributed by atoms with Gasteiger partial charge in [-0.2, -0.15) is 0 Å². The molecule has 3 heteroatoms. The van der Waals surface area contributed by atoms with Crippen molar-refractivity contribution in [3.05, 3.63) is 71.2 Å². The number of nitrogens with zero attached hydrogens (tertiary/aromatic N) is 2. The van der Waals surface area contributed by atoms with Gasteiger partial charge in [-0.25, -0.2) is 0 Å². The highest BCUT2D eigenvalue weighted by Gasteiger charge is 2.11. The molecule has 0 radical (unpaired) electrons. The Morgan fingerprint density at radius 2 is 1.50 bits per heavy atom. The smallest absolute Gasteiger partial charge is 0.0490 e. The van der Waals surface area contributed by atoms with Crippen LogP contribution in [-0.4, -0.2) is 11.6 Å². The Balaban J connectivity index is 1.91. The molecule has 3 aromatic carbocycles. The topological polar surface area (TPSA) is 8.17 Å². The maximum Gasteiger partial charge on any atom is 0.0490 e. The van der Waals surface area contributed by atoms with Crippen LogP contribution in [0, 0.1) is 6.92 Å². The van der Waals surface area contributed by atoms with E-state index in [4.69, 9.17) is 11.6 Å². The van der Waals surface area contributed by atoms with Gasteiger partial charge in [0.2, 0.25) is 0 Å². The minimum atomic E-state index is 0.751. The van der Waals surface area contributed by atoms with Crippen LogP contribution >= 0.6 is 11.6 Å². The summed E-state index contributed by atoms with van der Waals surface area (Å²) in [4.78, 5) is 2.17. The first kappa shape index (κ1) is 15.1. The lowest BCUT2D eigenvalue weighted by atomic mass is 10.1. The molecule has 1 aromatic heterocycles. The van der Waals surface area contributed by atoms with E-state index in [1.807, 2.05) is 18.2 Å². The summed E-state index contributed by atoms with van der Waals surface area (Å²) >= 11 is 6.14. The fourth-order valence-electron chi connectivity index (χ4n) is 3.36. The third-order valence-electron chi connectivity index (χ3n) is 4.73. The van der Waals surface area contributed by atoms with Gasteiger partial charge in [0.25, 0.3) is 0 Å². The number of fused-ring (bicyclic) bond motifs is 3. The number of halogens is 1. The number of hydrogen-bond donors (Lipinski definition) is 0. The van der Waals surface area contributed by atoms with Gasteiger partial charge in [-0.05, 0) is 55.5 Å². The van der Waals surface area contributed by atoms with Gasteiger partial charge in [0.15, 0.2) is 0 Å². The Bertz CT molecular complexity index is 1060. The summed E-state index contributed by atoms with van der Waals surface area (Å²) < 4.78 is 2.26. The minimum Gasteiger partial charge on any atom is -0.345 e. The maximum absolute atomic E-state index is 6.14. The standard InChI is InChI=1S/C21H19ClN2/c1-14-7-9-20-18(11-14)19-13-17(8-10-21(19)24(20)3)23(2)16-6-4-5-15(22)12-16/h4-13H,1-3H3. The van der Waals surface area contributed by atoms with Crippen LogP contribution in [0.15, 0.2) is 60.7 Å². The van der Waals surface area contributed by atoms with Gasteiger partial charge in [-0.15, -0.1) is 0 Å². The van der Waals surface area contributed by atoms with Crippen LogP contribution < -0.4 is 4.90 Å². The first-order valence-corrected chi connectivity index (χ1v) is 8.40. The van der Waals surface area contributed by atoms with Crippen LogP contribution in [-0.2, 0) is 7.05 Å². The Kier molecular flexibility index (Phi) is 3.50. The van der Waals surface area contributed by atoms with E-state index in [1.165, 1.54) is 27.4 Å². The fraction of sp³-hybridized carbons (Fsp3) is 0.143. The lowest BCUT2D eigenvalue weighted by Gasteiger charge is -2.20. The first-order valence-electron chi connectivity index (χ1n) is 8.03. The zero-order valence-electron chi connectivity index (χ0n) is 14.0. The molecular weight excluding hydrogens is 316 g/mol. The highest BCUT2D eigenvalue weighted by Crippen LogP contribution is 2.34. The lowest BCUT2D eigenvalue weighted by molar-refractivity contribution is 1.01. The van der Waals surface area contributed by atoms with E-state index in [1.54, 1.807) is 0 Å². The second-order valence-corrected chi connectivity index (χ2v) is 6.76. The summed E-state index contributed by atoms with van der Waals surface area (Å²) in [5, 5.41) is 3.33. The number of benzene rings is 3. The molecule has 4 aromatic rings. The summed E-state index contributed by atoms with van der Waals surface area (Å²) in [6, 6.07) is 21.2. The Morgan fingerprint density at radius 1 is 0.833 bits per heavy atom. The Labute approximate surface area is 146 Å². The second-order valence-electron chi connectivity index (χ2n) is 6.32. The molecule has 1 heterocycles. The van der Waals surface area contributed by atoms with E-state index in [0.717, 1.165) is 16.4 Å². The molecule has 0 aliphatic rings. The van der Waals surface area contributed by atoms with E-state index in [2.05, 4.69) is 73.0 Å². The number of rotatable bonds is 2. The normalized spacial score (nSPS) is 11.3. The highest BCUT2D eigenvalue weighted by atomic mass is 35.5. The summed E-state index contributed by atoms with van der Waals surface area (Å²) in [7, 11) is 4.20. The summed E-state index contributed by atoms with van der Waals surface area (Å²) in [6.07, 6.45) is 0. The van der Waals surface area contributed by atoms with Gasteiger partial charge >= 0.3 is 0 Å². The van der Waals surface area contributed by atoms with Crippen molar-refractivity contribution in [3.8, 4) is 0 Å². The predicted octanol–water partition coefficient (Wildman–Crippen LogP) is 6.06. The van der Waals surface area contributed by atoms with Crippen LogP contribution in [0.4, 0.5) is 11.4 Å². The van der Waals surface area contributed by atoms with E-state index in [-0.39, 0.29) is 0 Å². The van der Waals surface area contributed by atoms with E-state index >= 15 is 0 Å². The predicted molar refractivity (Wildman–Crippen MR) is 105 cm³/mol. The van der Waals surface area contributed by atoms with Crippen molar-refractivity contribution in [1.29, 1.82) is 0 Å². The highest BCUT2D eigenvalue weighted by molar-refractivity contribution is 6.30. The van der Waals surface area contributed by atoms with Crippen molar-refractivity contribution in [2.24, 2.45) is 7.05 Å². The lowest BCUT2D eigenvalue weighted by Crippen LogP contribution is -2.09. The van der Waals surface area contributed by atoms with Gasteiger partial charge < -0.3 is 9.47 Å². The average molecular weight is 335 g/mol. The molecule has 0 aliphatic carbocycles. The van der Waals surface area contributed by atoms with Crippen LogP contribution in [0.3, 0.4) is 0 Å². The average Bonchev–Trinajstić information content (AvgIpc) is 2.86. The fourth-order valence-corrected chi connectivity index (χ4v) is 3.55.